The maximum Gasteiger partial charge on any atom is 0.246 e. The number of piperidine rings is 1. The van der Waals surface area contributed by atoms with Crippen LogP contribution in [0.2, 0.25) is 0 Å². The van der Waals surface area contributed by atoms with Crippen molar-refractivity contribution in [1.29, 1.82) is 0 Å². The molecule has 5 nitrogen and oxygen atoms in total. The third-order valence-corrected chi connectivity index (χ3v) is 2.93. The zero-order valence-electron chi connectivity index (χ0n) is 8.17. The Bertz CT molecular complexity index is 271. The molecule has 5 heteroatoms. The predicted octanol–water partition coefficient (Wildman–Crippen LogP) is -1.24. The Hall–Kier alpha value is -1.10. The van der Waals surface area contributed by atoms with Gasteiger partial charge in [-0.1, -0.05) is 0 Å². The van der Waals surface area contributed by atoms with Crippen LogP contribution in [-0.2, 0) is 9.59 Å². The standard InChI is InChI=1S/C9H14N3O2/c1-6-7(13)12-9(8(14)11-6)2-4-10-5-3-9/h6H,2-5H2,1H3,(H,11,14)(H,12,13). The highest BCUT2D eigenvalue weighted by Crippen LogP contribution is 2.22. The zero-order chi connectivity index (χ0) is 10.2. The fraction of sp³-hybridized carbons (Fsp3) is 0.778. The summed E-state index contributed by atoms with van der Waals surface area (Å²) in [5, 5.41) is 9.69. The van der Waals surface area contributed by atoms with Crippen molar-refractivity contribution < 1.29 is 9.59 Å². The summed E-state index contributed by atoms with van der Waals surface area (Å²) in [6.45, 7) is 3.00. The molecule has 1 radical (unpaired) electrons. The smallest absolute Gasteiger partial charge is 0.246 e. The topological polar surface area (TPSA) is 72.3 Å². The van der Waals surface area contributed by atoms with Crippen molar-refractivity contribution in [3.05, 3.63) is 0 Å². The van der Waals surface area contributed by atoms with Gasteiger partial charge in [0.25, 0.3) is 0 Å². The van der Waals surface area contributed by atoms with Gasteiger partial charge in [-0.15, -0.1) is 0 Å². The van der Waals surface area contributed by atoms with E-state index in [4.69, 9.17) is 0 Å². The third-order valence-electron chi connectivity index (χ3n) is 2.93. The van der Waals surface area contributed by atoms with Crippen molar-refractivity contribution in [1.82, 2.24) is 16.0 Å². The van der Waals surface area contributed by atoms with Crippen LogP contribution in [0.25, 0.3) is 0 Å². The van der Waals surface area contributed by atoms with Crippen LogP contribution in [0.1, 0.15) is 19.8 Å². The lowest BCUT2D eigenvalue weighted by Gasteiger charge is -2.41. The van der Waals surface area contributed by atoms with E-state index in [0.29, 0.717) is 25.9 Å². The lowest BCUT2D eigenvalue weighted by Crippen LogP contribution is -2.70. The van der Waals surface area contributed by atoms with E-state index in [9.17, 15) is 9.59 Å². The zero-order valence-corrected chi connectivity index (χ0v) is 8.17. The SMILES string of the molecule is CC1NC(=O)C2(CC[N]CC2)NC1=O. The second-order valence-electron chi connectivity index (χ2n) is 3.94. The van der Waals surface area contributed by atoms with Gasteiger partial charge in [0.2, 0.25) is 11.8 Å². The second kappa shape index (κ2) is 3.24. The fourth-order valence-corrected chi connectivity index (χ4v) is 1.93. The Morgan fingerprint density at radius 1 is 1.36 bits per heavy atom. The molecule has 1 unspecified atom stereocenters. The molecule has 0 aromatic rings. The number of carbonyl (C=O) groups is 2. The normalized spacial score (nSPS) is 31.1. The average Bonchev–Trinajstić information content (AvgIpc) is 2.17. The molecule has 0 saturated carbocycles. The summed E-state index contributed by atoms with van der Waals surface area (Å²) < 4.78 is 0. The van der Waals surface area contributed by atoms with Gasteiger partial charge >= 0.3 is 0 Å². The number of piperazine rings is 1. The summed E-state index contributed by atoms with van der Waals surface area (Å²) in [6, 6.07) is -0.410. The van der Waals surface area contributed by atoms with Crippen molar-refractivity contribution >= 4 is 11.8 Å². The molecule has 1 atom stereocenters. The number of nitrogens with zero attached hydrogens (tertiary/aromatic N) is 1. The van der Waals surface area contributed by atoms with E-state index in [-0.39, 0.29) is 11.8 Å². The quantitative estimate of drug-likeness (QED) is 0.508. The molecule has 0 aromatic heterocycles. The van der Waals surface area contributed by atoms with Crippen LogP contribution < -0.4 is 16.0 Å². The Labute approximate surface area is 82.6 Å². The maximum atomic E-state index is 11.8. The Morgan fingerprint density at radius 2 is 2.00 bits per heavy atom. The van der Waals surface area contributed by atoms with E-state index in [1.807, 2.05) is 0 Å². The number of carbonyl (C=O) groups excluding carboxylic acids is 2. The van der Waals surface area contributed by atoms with Crippen LogP contribution in [0.3, 0.4) is 0 Å². The van der Waals surface area contributed by atoms with Crippen LogP contribution in [0.15, 0.2) is 0 Å². The first kappa shape index (κ1) is 9.45. The van der Waals surface area contributed by atoms with Crippen molar-refractivity contribution in [2.75, 3.05) is 13.1 Å². The minimum Gasteiger partial charge on any atom is -0.343 e. The summed E-state index contributed by atoms with van der Waals surface area (Å²) in [7, 11) is 0. The van der Waals surface area contributed by atoms with Gasteiger partial charge in [0.15, 0.2) is 0 Å². The van der Waals surface area contributed by atoms with Gasteiger partial charge in [0.05, 0.1) is 0 Å². The summed E-state index contributed by atoms with van der Waals surface area (Å²) in [5.41, 5.74) is -0.675. The van der Waals surface area contributed by atoms with E-state index in [1.165, 1.54) is 0 Å². The molecule has 2 rings (SSSR count). The number of rotatable bonds is 0. The molecule has 0 aromatic carbocycles. The molecule has 2 fully saturated rings. The van der Waals surface area contributed by atoms with Gasteiger partial charge in [-0.05, 0) is 19.8 Å². The van der Waals surface area contributed by atoms with Crippen molar-refractivity contribution in [3.63, 3.8) is 0 Å². The average molecular weight is 196 g/mol. The summed E-state index contributed by atoms with van der Waals surface area (Å²) in [6.07, 6.45) is 1.24. The van der Waals surface area contributed by atoms with E-state index in [1.54, 1.807) is 6.92 Å². The third kappa shape index (κ3) is 1.37. The first-order valence-corrected chi connectivity index (χ1v) is 4.90. The monoisotopic (exact) mass is 196 g/mol. The van der Waals surface area contributed by atoms with E-state index >= 15 is 0 Å². The number of nitrogens with one attached hydrogen (secondary N) is 2. The highest BCUT2D eigenvalue weighted by molar-refractivity contribution is 5.99. The molecule has 0 bridgehead atoms. The largest absolute Gasteiger partial charge is 0.343 e. The molecule has 2 N–H and O–H groups in total. The van der Waals surface area contributed by atoms with E-state index in [2.05, 4.69) is 16.0 Å². The van der Waals surface area contributed by atoms with Crippen LogP contribution >= 0.6 is 0 Å². The van der Waals surface area contributed by atoms with Crippen LogP contribution in [0.5, 0.6) is 0 Å². The van der Waals surface area contributed by atoms with Crippen molar-refractivity contribution in [2.24, 2.45) is 0 Å². The summed E-state index contributed by atoms with van der Waals surface area (Å²) in [4.78, 5) is 23.2. The molecular formula is C9H14N3O2. The molecule has 2 heterocycles. The Balaban J connectivity index is 2.17. The molecule has 1 spiro atoms. The number of amides is 2. The van der Waals surface area contributed by atoms with E-state index in [0.717, 1.165) is 0 Å². The molecule has 77 valence electrons. The highest BCUT2D eigenvalue weighted by Gasteiger charge is 2.45. The first-order chi connectivity index (χ1) is 6.64. The minimum absolute atomic E-state index is 0.0560. The van der Waals surface area contributed by atoms with Crippen LogP contribution in [0, 0.1) is 0 Å². The molecular weight excluding hydrogens is 182 g/mol. The van der Waals surface area contributed by atoms with Crippen molar-refractivity contribution in [3.8, 4) is 0 Å². The van der Waals surface area contributed by atoms with Crippen LogP contribution in [0.4, 0.5) is 0 Å². The second-order valence-corrected chi connectivity index (χ2v) is 3.94. The number of hydrogen-bond acceptors (Lipinski definition) is 2. The molecule has 2 saturated heterocycles. The number of hydrogen-bond donors (Lipinski definition) is 2. The van der Waals surface area contributed by atoms with Gasteiger partial charge in [-0.3, -0.25) is 9.59 Å². The molecule has 0 aliphatic carbocycles. The van der Waals surface area contributed by atoms with Gasteiger partial charge in [0, 0.05) is 13.1 Å². The van der Waals surface area contributed by atoms with Crippen molar-refractivity contribution in [2.45, 2.75) is 31.3 Å². The summed E-state index contributed by atoms with van der Waals surface area (Å²) in [5.74, 6) is -0.147. The minimum atomic E-state index is -0.675. The fourth-order valence-electron chi connectivity index (χ4n) is 1.93. The molecule has 2 aliphatic rings. The lowest BCUT2D eigenvalue weighted by atomic mass is 9.85. The maximum absolute atomic E-state index is 11.8. The Morgan fingerprint density at radius 3 is 2.64 bits per heavy atom. The van der Waals surface area contributed by atoms with Gasteiger partial charge < -0.3 is 10.6 Å². The lowest BCUT2D eigenvalue weighted by molar-refractivity contribution is -0.142. The van der Waals surface area contributed by atoms with Gasteiger partial charge in [-0.25, -0.2) is 5.32 Å². The van der Waals surface area contributed by atoms with Crippen LogP contribution in [-0.4, -0.2) is 36.5 Å². The van der Waals surface area contributed by atoms with Gasteiger partial charge in [0.1, 0.15) is 11.6 Å². The predicted molar refractivity (Wildman–Crippen MR) is 49.6 cm³/mol. The molecule has 2 aliphatic heterocycles. The molecule has 14 heavy (non-hydrogen) atoms. The van der Waals surface area contributed by atoms with E-state index < -0.39 is 11.6 Å². The first-order valence-electron chi connectivity index (χ1n) is 4.90. The highest BCUT2D eigenvalue weighted by atomic mass is 16.2. The summed E-state index contributed by atoms with van der Waals surface area (Å²) >= 11 is 0. The Kier molecular flexibility index (Phi) is 2.19. The molecule has 2 amide bonds. The van der Waals surface area contributed by atoms with Gasteiger partial charge in [-0.2, -0.15) is 0 Å².